The molecule has 6 nitrogen and oxygen atoms in total. The van der Waals surface area contributed by atoms with Gasteiger partial charge in [-0.3, -0.25) is 14.4 Å². The molecule has 0 aliphatic carbocycles. The Bertz CT molecular complexity index is 716. The van der Waals surface area contributed by atoms with Gasteiger partial charge in [-0.25, -0.2) is 0 Å². The molecule has 3 N–H and O–H groups in total. The maximum absolute atomic E-state index is 12.1. The van der Waals surface area contributed by atoms with Gasteiger partial charge in [0.2, 0.25) is 5.78 Å². The summed E-state index contributed by atoms with van der Waals surface area (Å²) in [5.74, 6) is -2.31. The van der Waals surface area contributed by atoms with Gasteiger partial charge in [0.1, 0.15) is 5.00 Å². The van der Waals surface area contributed by atoms with Crippen LogP contribution in [-0.4, -0.2) is 23.2 Å². The summed E-state index contributed by atoms with van der Waals surface area (Å²) in [6, 6.07) is 0. The Balaban J connectivity index is 2.52. The first kappa shape index (κ1) is 18.6. The van der Waals surface area contributed by atoms with Gasteiger partial charge in [0.05, 0.1) is 16.8 Å². The van der Waals surface area contributed by atoms with Crippen molar-refractivity contribution in [2.24, 2.45) is 11.7 Å². The molecule has 1 aliphatic heterocycles. The Labute approximate surface area is 145 Å². The maximum Gasteiger partial charge on any atom is 0.292 e. The van der Waals surface area contributed by atoms with E-state index in [-0.39, 0.29) is 5.56 Å². The number of amides is 2. The number of ketones is 1. The molecule has 0 atom stereocenters. The normalized spacial score (nSPS) is 18.1. The molecule has 0 radical (unpaired) electrons. The van der Waals surface area contributed by atoms with E-state index in [1.165, 1.54) is 11.3 Å². The van der Waals surface area contributed by atoms with Crippen LogP contribution in [0.3, 0.4) is 0 Å². The maximum atomic E-state index is 12.1. The highest BCUT2D eigenvalue weighted by Gasteiger charge is 2.43. The number of Topliss-reactive ketones (excluding diaryl/α,β-unsaturated/α-hetero) is 1. The van der Waals surface area contributed by atoms with Gasteiger partial charge in [-0.05, 0) is 33.3 Å². The standard InChI is InChI=1S/C17H24N2O4S/c1-8(2)11(20)14(22)19-15-10(13(18)21)9-7-16(3,4)23-17(5,6)12(9)24-15/h8H,7H2,1-6H3,(H2,18,21)(H,19,22). The lowest BCUT2D eigenvalue weighted by Crippen LogP contribution is -2.42. The van der Waals surface area contributed by atoms with Gasteiger partial charge in [0.15, 0.2) is 0 Å². The zero-order valence-corrected chi connectivity index (χ0v) is 15.7. The van der Waals surface area contributed by atoms with Crippen molar-refractivity contribution in [3.05, 3.63) is 16.0 Å². The summed E-state index contributed by atoms with van der Waals surface area (Å²) >= 11 is 1.25. The van der Waals surface area contributed by atoms with Crippen molar-refractivity contribution in [2.75, 3.05) is 5.32 Å². The molecule has 24 heavy (non-hydrogen) atoms. The summed E-state index contributed by atoms with van der Waals surface area (Å²) in [4.78, 5) is 36.8. The van der Waals surface area contributed by atoms with Crippen LogP contribution in [0.2, 0.25) is 0 Å². The van der Waals surface area contributed by atoms with Crippen LogP contribution < -0.4 is 11.1 Å². The number of thiophene rings is 1. The zero-order valence-electron chi connectivity index (χ0n) is 14.9. The summed E-state index contributed by atoms with van der Waals surface area (Å²) in [7, 11) is 0. The van der Waals surface area contributed by atoms with Gasteiger partial charge < -0.3 is 15.8 Å². The predicted molar refractivity (Wildman–Crippen MR) is 93.2 cm³/mol. The number of ether oxygens (including phenoxy) is 1. The highest BCUT2D eigenvalue weighted by Crippen LogP contribution is 2.48. The fraction of sp³-hybridized carbons (Fsp3) is 0.588. The third-order valence-corrected chi connectivity index (χ3v) is 5.36. The van der Waals surface area contributed by atoms with Crippen LogP contribution in [0, 0.1) is 5.92 Å². The largest absolute Gasteiger partial charge is 0.365 e. The molecule has 132 valence electrons. The molecule has 0 saturated carbocycles. The zero-order chi connectivity index (χ0) is 18.4. The van der Waals surface area contributed by atoms with Crippen LogP contribution in [0.5, 0.6) is 0 Å². The molecular weight excluding hydrogens is 328 g/mol. The van der Waals surface area contributed by atoms with Crippen molar-refractivity contribution in [2.45, 2.75) is 59.2 Å². The SMILES string of the molecule is CC(C)C(=O)C(=O)Nc1sc2c(c1C(N)=O)CC(C)(C)OC2(C)C. The Hall–Kier alpha value is -1.73. The number of hydrogen-bond acceptors (Lipinski definition) is 5. The van der Waals surface area contributed by atoms with Crippen LogP contribution in [0.25, 0.3) is 0 Å². The van der Waals surface area contributed by atoms with E-state index in [4.69, 9.17) is 10.5 Å². The number of anilines is 1. The average molecular weight is 352 g/mol. The Morgan fingerprint density at radius 2 is 1.79 bits per heavy atom. The van der Waals surface area contributed by atoms with Gasteiger partial charge in [-0.2, -0.15) is 0 Å². The van der Waals surface area contributed by atoms with Gasteiger partial charge in [0, 0.05) is 17.2 Å². The van der Waals surface area contributed by atoms with E-state index in [1.807, 2.05) is 27.7 Å². The molecule has 0 saturated heterocycles. The monoisotopic (exact) mass is 352 g/mol. The quantitative estimate of drug-likeness (QED) is 0.814. The molecule has 0 fully saturated rings. The van der Waals surface area contributed by atoms with Crippen molar-refractivity contribution >= 4 is 33.9 Å². The van der Waals surface area contributed by atoms with Crippen molar-refractivity contribution in [1.29, 1.82) is 0 Å². The van der Waals surface area contributed by atoms with E-state index in [0.29, 0.717) is 11.4 Å². The molecule has 0 spiro atoms. The first-order valence-electron chi connectivity index (χ1n) is 7.87. The first-order chi connectivity index (χ1) is 10.9. The molecule has 7 heteroatoms. The minimum atomic E-state index is -0.732. The number of hydrogen-bond donors (Lipinski definition) is 2. The fourth-order valence-corrected chi connectivity index (χ4v) is 4.35. The van der Waals surface area contributed by atoms with Crippen LogP contribution >= 0.6 is 11.3 Å². The first-order valence-corrected chi connectivity index (χ1v) is 8.68. The van der Waals surface area contributed by atoms with Crippen LogP contribution in [0.4, 0.5) is 5.00 Å². The van der Waals surface area contributed by atoms with Crippen LogP contribution in [-0.2, 0) is 26.3 Å². The number of carbonyl (C=O) groups excluding carboxylic acids is 3. The van der Waals surface area contributed by atoms with E-state index >= 15 is 0 Å². The number of fused-ring (bicyclic) bond motifs is 1. The molecule has 0 unspecified atom stereocenters. The van der Waals surface area contributed by atoms with Gasteiger partial charge in [-0.1, -0.05) is 13.8 Å². The fourth-order valence-electron chi connectivity index (χ4n) is 3.09. The number of nitrogens with two attached hydrogens (primary N) is 1. The lowest BCUT2D eigenvalue weighted by molar-refractivity contribution is -0.136. The van der Waals surface area contributed by atoms with Gasteiger partial charge >= 0.3 is 0 Å². The second kappa shape index (κ2) is 5.97. The minimum Gasteiger partial charge on any atom is -0.365 e. The highest BCUT2D eigenvalue weighted by atomic mass is 32.1. The molecule has 2 heterocycles. The van der Waals surface area contributed by atoms with E-state index in [0.717, 1.165) is 10.4 Å². The van der Waals surface area contributed by atoms with Crippen LogP contribution in [0.1, 0.15) is 62.3 Å². The molecule has 1 aliphatic rings. The molecule has 2 rings (SSSR count). The smallest absolute Gasteiger partial charge is 0.292 e. The number of nitrogens with one attached hydrogen (secondary N) is 1. The topological polar surface area (TPSA) is 98.5 Å². The Morgan fingerprint density at radius 1 is 1.21 bits per heavy atom. The van der Waals surface area contributed by atoms with Crippen molar-refractivity contribution in [3.63, 3.8) is 0 Å². The molecular formula is C17H24N2O4S. The van der Waals surface area contributed by atoms with E-state index in [2.05, 4.69) is 5.32 Å². The molecule has 2 amide bonds. The van der Waals surface area contributed by atoms with Crippen molar-refractivity contribution in [3.8, 4) is 0 Å². The second-order valence-corrected chi connectivity index (χ2v) is 8.52. The van der Waals surface area contributed by atoms with Gasteiger partial charge in [-0.15, -0.1) is 11.3 Å². The third kappa shape index (κ3) is 3.37. The highest BCUT2D eigenvalue weighted by molar-refractivity contribution is 7.17. The lowest BCUT2D eigenvalue weighted by atomic mass is 9.86. The number of carbonyl (C=O) groups is 3. The molecule has 1 aromatic rings. The van der Waals surface area contributed by atoms with Crippen molar-refractivity contribution in [1.82, 2.24) is 0 Å². The van der Waals surface area contributed by atoms with Crippen LogP contribution in [0.15, 0.2) is 0 Å². The summed E-state index contributed by atoms with van der Waals surface area (Å²) in [5, 5.41) is 2.89. The predicted octanol–water partition coefficient (Wildman–Crippen LogP) is 2.60. The lowest BCUT2D eigenvalue weighted by Gasteiger charge is -2.41. The van der Waals surface area contributed by atoms with E-state index < -0.39 is 34.7 Å². The average Bonchev–Trinajstić information content (AvgIpc) is 2.74. The van der Waals surface area contributed by atoms with E-state index in [1.54, 1.807) is 13.8 Å². The summed E-state index contributed by atoms with van der Waals surface area (Å²) < 4.78 is 6.10. The molecule has 0 bridgehead atoms. The summed E-state index contributed by atoms with van der Waals surface area (Å²) in [5.41, 5.74) is 5.56. The number of primary amides is 1. The van der Waals surface area contributed by atoms with Crippen molar-refractivity contribution < 1.29 is 19.1 Å². The van der Waals surface area contributed by atoms with E-state index in [9.17, 15) is 14.4 Å². The minimum absolute atomic E-state index is 0.282. The Morgan fingerprint density at radius 3 is 2.29 bits per heavy atom. The molecule has 0 aromatic carbocycles. The summed E-state index contributed by atoms with van der Waals surface area (Å²) in [6.45, 7) is 11.0. The summed E-state index contributed by atoms with van der Waals surface area (Å²) in [6.07, 6.45) is 0.508. The second-order valence-electron chi connectivity index (χ2n) is 7.50. The third-order valence-electron chi connectivity index (χ3n) is 3.91. The number of rotatable bonds is 4. The molecule has 1 aromatic heterocycles. The Kier molecular flexibility index (Phi) is 4.63. The van der Waals surface area contributed by atoms with Gasteiger partial charge in [0.25, 0.3) is 11.8 Å².